The minimum atomic E-state index is -0.897. The average molecular weight is 332 g/mol. The Balaban J connectivity index is 2.62. The molecule has 0 aliphatic carbocycles. The number of furan rings is 1. The molecule has 0 spiro atoms. The van der Waals surface area contributed by atoms with Gasteiger partial charge < -0.3 is 14.8 Å². The number of rotatable bonds is 6. The molecule has 0 saturated carbocycles. The quantitative estimate of drug-likeness (QED) is 0.839. The zero-order valence-corrected chi connectivity index (χ0v) is 12.8. The van der Waals surface area contributed by atoms with Gasteiger partial charge in [0.15, 0.2) is 10.4 Å². The van der Waals surface area contributed by atoms with Gasteiger partial charge in [0, 0.05) is 12.1 Å². The first-order chi connectivity index (χ1) is 8.81. The Morgan fingerprint density at radius 3 is 2.53 bits per heavy atom. The molecule has 0 fully saturated rings. The number of aliphatic carboxylic acids is 1. The molecular formula is C13H18BrNO4. The van der Waals surface area contributed by atoms with E-state index in [-0.39, 0.29) is 18.2 Å². The van der Waals surface area contributed by atoms with Gasteiger partial charge in [-0.2, -0.15) is 0 Å². The molecule has 6 heteroatoms. The van der Waals surface area contributed by atoms with Crippen LogP contribution in [0.4, 0.5) is 0 Å². The fourth-order valence-corrected chi connectivity index (χ4v) is 2.31. The van der Waals surface area contributed by atoms with Gasteiger partial charge in [-0.3, -0.25) is 9.59 Å². The van der Waals surface area contributed by atoms with E-state index >= 15 is 0 Å². The van der Waals surface area contributed by atoms with Crippen LogP contribution in [0.25, 0.3) is 0 Å². The summed E-state index contributed by atoms with van der Waals surface area (Å²) in [5.74, 6) is -1.40. The summed E-state index contributed by atoms with van der Waals surface area (Å²) in [6, 6.07) is 1.69. The van der Waals surface area contributed by atoms with Crippen molar-refractivity contribution in [1.29, 1.82) is 0 Å². The van der Waals surface area contributed by atoms with Gasteiger partial charge in [0.2, 0.25) is 0 Å². The number of hydrogen-bond acceptors (Lipinski definition) is 3. The van der Waals surface area contributed by atoms with Gasteiger partial charge >= 0.3 is 5.97 Å². The molecule has 0 aliphatic rings. The average Bonchev–Trinajstić information content (AvgIpc) is 2.62. The van der Waals surface area contributed by atoms with Crippen molar-refractivity contribution in [3.05, 3.63) is 22.1 Å². The lowest BCUT2D eigenvalue weighted by molar-refractivity contribution is -0.142. The zero-order valence-electron chi connectivity index (χ0n) is 11.2. The van der Waals surface area contributed by atoms with Crippen LogP contribution in [0.2, 0.25) is 0 Å². The van der Waals surface area contributed by atoms with Crippen LogP contribution in [0.5, 0.6) is 0 Å². The van der Waals surface area contributed by atoms with E-state index in [1.807, 2.05) is 13.8 Å². The summed E-state index contributed by atoms with van der Waals surface area (Å²) in [6.45, 7) is 5.76. The molecule has 1 aromatic rings. The summed E-state index contributed by atoms with van der Waals surface area (Å²) in [7, 11) is 0. The molecule has 1 unspecified atom stereocenters. The van der Waals surface area contributed by atoms with Gasteiger partial charge in [0.1, 0.15) is 0 Å². The maximum atomic E-state index is 11.9. The number of halogens is 1. The molecule has 1 amide bonds. The summed E-state index contributed by atoms with van der Waals surface area (Å²) in [4.78, 5) is 22.9. The molecule has 1 atom stereocenters. The zero-order chi connectivity index (χ0) is 14.6. The molecule has 0 aromatic carbocycles. The fraction of sp³-hybridized carbons (Fsp3) is 0.538. The van der Waals surface area contributed by atoms with Gasteiger partial charge in [-0.1, -0.05) is 13.8 Å². The third-order valence-corrected chi connectivity index (χ3v) is 3.10. The van der Waals surface area contributed by atoms with E-state index < -0.39 is 17.8 Å². The molecule has 2 N–H and O–H groups in total. The van der Waals surface area contributed by atoms with Crippen LogP contribution in [-0.2, 0) is 4.79 Å². The van der Waals surface area contributed by atoms with Crippen LogP contribution in [0, 0.1) is 18.8 Å². The summed E-state index contributed by atoms with van der Waals surface area (Å²) >= 11 is 3.15. The molecular weight excluding hydrogens is 314 g/mol. The van der Waals surface area contributed by atoms with Gasteiger partial charge in [-0.15, -0.1) is 0 Å². The summed E-state index contributed by atoms with van der Waals surface area (Å²) in [5.41, 5.74) is 0.708. The second-order valence-corrected chi connectivity index (χ2v) is 5.72. The van der Waals surface area contributed by atoms with Crippen molar-refractivity contribution in [2.45, 2.75) is 27.2 Å². The van der Waals surface area contributed by atoms with Crippen molar-refractivity contribution in [2.75, 3.05) is 6.54 Å². The largest absolute Gasteiger partial charge is 0.481 e. The topological polar surface area (TPSA) is 79.5 Å². The minimum absolute atomic E-state index is 0.101. The number of amides is 1. The van der Waals surface area contributed by atoms with Crippen molar-refractivity contribution >= 4 is 27.8 Å². The number of carbonyl (C=O) groups is 2. The van der Waals surface area contributed by atoms with Crippen molar-refractivity contribution in [2.24, 2.45) is 11.8 Å². The van der Waals surface area contributed by atoms with Gasteiger partial charge in [-0.05, 0) is 41.3 Å². The highest BCUT2D eigenvalue weighted by molar-refractivity contribution is 9.10. The van der Waals surface area contributed by atoms with Crippen molar-refractivity contribution in [3.63, 3.8) is 0 Å². The van der Waals surface area contributed by atoms with Gasteiger partial charge in [-0.25, -0.2) is 0 Å². The minimum Gasteiger partial charge on any atom is -0.481 e. The molecule has 0 bridgehead atoms. The molecule has 0 saturated heterocycles. The lowest BCUT2D eigenvalue weighted by Crippen LogP contribution is -2.33. The van der Waals surface area contributed by atoms with Crippen molar-refractivity contribution in [3.8, 4) is 0 Å². The maximum absolute atomic E-state index is 11.9. The van der Waals surface area contributed by atoms with E-state index in [0.717, 1.165) is 0 Å². The third kappa shape index (κ3) is 4.70. The van der Waals surface area contributed by atoms with Crippen LogP contribution in [0.3, 0.4) is 0 Å². The molecule has 1 rings (SSSR count). The first-order valence-corrected chi connectivity index (χ1v) is 6.87. The van der Waals surface area contributed by atoms with Crippen molar-refractivity contribution < 1.29 is 19.1 Å². The van der Waals surface area contributed by atoms with Crippen molar-refractivity contribution in [1.82, 2.24) is 5.32 Å². The number of aryl methyl sites for hydroxylation is 1. The van der Waals surface area contributed by atoms with E-state index in [1.54, 1.807) is 13.0 Å². The Morgan fingerprint density at radius 1 is 1.47 bits per heavy atom. The lowest BCUT2D eigenvalue weighted by atomic mass is 9.97. The SMILES string of the molecule is Cc1cc(Br)oc1C(=O)NCC(CC(C)C)C(=O)O. The van der Waals surface area contributed by atoms with E-state index in [0.29, 0.717) is 16.7 Å². The van der Waals surface area contributed by atoms with Crippen LogP contribution in [-0.4, -0.2) is 23.5 Å². The standard InChI is InChI=1S/C13H18BrNO4/c1-7(2)4-9(13(17)18)6-15-12(16)11-8(3)5-10(14)19-11/h5,7,9H,4,6H2,1-3H3,(H,15,16)(H,17,18). The Hall–Kier alpha value is -1.30. The Bertz CT molecular complexity index is 467. The van der Waals surface area contributed by atoms with E-state index in [9.17, 15) is 9.59 Å². The predicted octanol–water partition coefficient (Wildman–Crippen LogP) is 2.83. The third-order valence-electron chi connectivity index (χ3n) is 2.71. The van der Waals surface area contributed by atoms with Crippen LogP contribution < -0.4 is 5.32 Å². The molecule has 1 heterocycles. The Morgan fingerprint density at radius 2 is 2.11 bits per heavy atom. The highest BCUT2D eigenvalue weighted by Crippen LogP contribution is 2.19. The van der Waals surface area contributed by atoms with E-state index in [4.69, 9.17) is 9.52 Å². The molecule has 106 valence electrons. The molecule has 0 radical (unpaired) electrons. The molecule has 5 nitrogen and oxygen atoms in total. The second-order valence-electron chi connectivity index (χ2n) is 4.94. The number of carboxylic acid groups (broad SMARTS) is 1. The van der Waals surface area contributed by atoms with E-state index in [2.05, 4.69) is 21.2 Å². The number of nitrogens with one attached hydrogen (secondary N) is 1. The summed E-state index contributed by atoms with van der Waals surface area (Å²) in [5, 5.41) is 11.7. The van der Waals surface area contributed by atoms with E-state index in [1.165, 1.54) is 0 Å². The summed E-state index contributed by atoms with van der Waals surface area (Å²) in [6.07, 6.45) is 0.524. The monoisotopic (exact) mass is 331 g/mol. The molecule has 1 aromatic heterocycles. The Labute approximate surface area is 120 Å². The molecule has 19 heavy (non-hydrogen) atoms. The smallest absolute Gasteiger partial charge is 0.308 e. The fourth-order valence-electron chi connectivity index (χ4n) is 1.81. The second kappa shape index (κ2) is 6.75. The maximum Gasteiger partial charge on any atom is 0.308 e. The molecule has 0 aliphatic heterocycles. The Kier molecular flexibility index (Phi) is 5.60. The normalized spacial score (nSPS) is 12.5. The van der Waals surface area contributed by atoms with Gasteiger partial charge in [0.05, 0.1) is 5.92 Å². The highest BCUT2D eigenvalue weighted by Gasteiger charge is 2.21. The van der Waals surface area contributed by atoms with Crippen LogP contribution in [0.15, 0.2) is 15.2 Å². The first kappa shape index (κ1) is 15.8. The van der Waals surface area contributed by atoms with Crippen LogP contribution >= 0.6 is 15.9 Å². The first-order valence-electron chi connectivity index (χ1n) is 6.08. The predicted molar refractivity (Wildman–Crippen MR) is 74.1 cm³/mol. The number of carboxylic acids is 1. The lowest BCUT2D eigenvalue weighted by Gasteiger charge is -2.15. The summed E-state index contributed by atoms with van der Waals surface area (Å²) < 4.78 is 5.69. The number of carbonyl (C=O) groups excluding carboxylic acids is 1. The van der Waals surface area contributed by atoms with Gasteiger partial charge in [0.25, 0.3) is 5.91 Å². The highest BCUT2D eigenvalue weighted by atomic mass is 79.9. The number of hydrogen-bond donors (Lipinski definition) is 2. The van der Waals surface area contributed by atoms with Crippen LogP contribution in [0.1, 0.15) is 36.4 Å².